The van der Waals surface area contributed by atoms with Crippen molar-refractivity contribution < 1.29 is 9.84 Å². The van der Waals surface area contributed by atoms with Gasteiger partial charge in [-0.05, 0) is 17.7 Å². The van der Waals surface area contributed by atoms with Crippen LogP contribution < -0.4 is 0 Å². The molecule has 0 aromatic heterocycles. The van der Waals surface area contributed by atoms with E-state index in [9.17, 15) is 5.11 Å². The van der Waals surface area contributed by atoms with E-state index in [2.05, 4.69) is 0 Å². The van der Waals surface area contributed by atoms with Gasteiger partial charge in [0.1, 0.15) is 6.10 Å². The molecule has 1 N–H and O–H groups in total. The van der Waals surface area contributed by atoms with Crippen molar-refractivity contribution in [2.45, 2.75) is 6.10 Å². The molecule has 88 valence electrons. The van der Waals surface area contributed by atoms with Gasteiger partial charge in [0.05, 0.1) is 13.2 Å². The van der Waals surface area contributed by atoms with Crippen LogP contribution in [0, 0.1) is 0 Å². The minimum Gasteiger partial charge on any atom is -0.393 e. The van der Waals surface area contributed by atoms with Gasteiger partial charge in [0.25, 0.3) is 0 Å². The summed E-state index contributed by atoms with van der Waals surface area (Å²) in [6.07, 6.45) is 3.31. The second kappa shape index (κ2) is 7.69. The maximum Gasteiger partial charge on any atom is 0.106 e. The highest BCUT2D eigenvalue weighted by atomic mass is 35.5. The Bertz CT molecular complexity index is 322. The third-order valence-corrected chi connectivity index (χ3v) is 2.49. The predicted molar refractivity (Wildman–Crippen MR) is 67.1 cm³/mol. The van der Waals surface area contributed by atoms with Crippen LogP contribution in [-0.2, 0) is 4.74 Å². The third-order valence-electron chi connectivity index (χ3n) is 2.06. The molecule has 0 spiro atoms. The van der Waals surface area contributed by atoms with Crippen LogP contribution >= 0.6 is 23.2 Å². The van der Waals surface area contributed by atoms with Crippen LogP contribution in [0.25, 0.3) is 0 Å². The highest BCUT2D eigenvalue weighted by molar-refractivity contribution is 6.30. The predicted octanol–water partition coefficient (Wildman–Crippen LogP) is 3.19. The number of hydrogen-bond donors (Lipinski definition) is 1. The summed E-state index contributed by atoms with van der Waals surface area (Å²) in [7, 11) is 0. The fourth-order valence-electron chi connectivity index (χ4n) is 1.23. The molecule has 0 heterocycles. The van der Waals surface area contributed by atoms with Gasteiger partial charge in [-0.2, -0.15) is 0 Å². The first-order chi connectivity index (χ1) is 7.77. The van der Waals surface area contributed by atoms with Gasteiger partial charge in [-0.15, -0.1) is 11.6 Å². The van der Waals surface area contributed by atoms with Crippen LogP contribution in [0.5, 0.6) is 0 Å². The van der Waals surface area contributed by atoms with E-state index in [1.165, 1.54) is 0 Å². The van der Waals surface area contributed by atoms with E-state index in [0.29, 0.717) is 17.5 Å². The molecule has 1 atom stereocenters. The number of allylic oxidation sites excluding steroid dienone is 1. The number of benzene rings is 1. The van der Waals surface area contributed by atoms with E-state index in [1.54, 1.807) is 18.2 Å². The highest BCUT2D eigenvalue weighted by Crippen LogP contribution is 2.19. The number of aliphatic hydroxyl groups is 1. The summed E-state index contributed by atoms with van der Waals surface area (Å²) in [5, 5.41) is 9.87. The van der Waals surface area contributed by atoms with Crippen LogP contribution in [-0.4, -0.2) is 24.2 Å². The number of rotatable bonds is 6. The van der Waals surface area contributed by atoms with Crippen molar-refractivity contribution in [3.8, 4) is 0 Å². The molecule has 0 fully saturated rings. The fraction of sp³-hybridized carbons (Fsp3) is 0.333. The van der Waals surface area contributed by atoms with Gasteiger partial charge in [0, 0.05) is 10.9 Å². The van der Waals surface area contributed by atoms with Crippen LogP contribution in [0.2, 0.25) is 5.02 Å². The summed E-state index contributed by atoms with van der Waals surface area (Å²) in [5.41, 5.74) is 0.908. The Morgan fingerprint density at radius 3 is 2.50 bits per heavy atom. The standard InChI is InChI=1S/C12H14Cl2O2/c13-7-1-2-8-16-12(9-15)10-3-5-11(14)6-4-10/h1-6,12,15H,7-9H2/b2-1+/t12-/m0/s1. The summed E-state index contributed by atoms with van der Waals surface area (Å²) < 4.78 is 5.48. The zero-order valence-electron chi connectivity index (χ0n) is 8.77. The van der Waals surface area contributed by atoms with Gasteiger partial charge in [0.15, 0.2) is 0 Å². The van der Waals surface area contributed by atoms with E-state index in [-0.39, 0.29) is 12.7 Å². The molecular formula is C12H14Cl2O2. The zero-order chi connectivity index (χ0) is 11.8. The quantitative estimate of drug-likeness (QED) is 0.629. The molecule has 1 rings (SSSR count). The average Bonchev–Trinajstić information content (AvgIpc) is 2.31. The van der Waals surface area contributed by atoms with Crippen molar-refractivity contribution in [2.75, 3.05) is 19.1 Å². The Morgan fingerprint density at radius 2 is 1.94 bits per heavy atom. The molecule has 2 nitrogen and oxygen atoms in total. The van der Waals surface area contributed by atoms with Gasteiger partial charge in [-0.25, -0.2) is 0 Å². The molecule has 4 heteroatoms. The van der Waals surface area contributed by atoms with Crippen LogP contribution in [0.15, 0.2) is 36.4 Å². The fourth-order valence-corrected chi connectivity index (χ4v) is 1.49. The molecule has 0 amide bonds. The molecule has 0 aliphatic heterocycles. The number of alkyl halides is 1. The number of aliphatic hydroxyl groups excluding tert-OH is 1. The number of hydrogen-bond acceptors (Lipinski definition) is 2. The molecule has 0 unspecified atom stereocenters. The minimum atomic E-state index is -0.322. The first kappa shape index (κ1) is 13.5. The van der Waals surface area contributed by atoms with Gasteiger partial charge in [-0.1, -0.05) is 35.9 Å². The smallest absolute Gasteiger partial charge is 0.106 e. The molecule has 0 bridgehead atoms. The lowest BCUT2D eigenvalue weighted by Crippen LogP contribution is -2.08. The Morgan fingerprint density at radius 1 is 1.25 bits per heavy atom. The maximum absolute atomic E-state index is 9.20. The van der Waals surface area contributed by atoms with E-state index >= 15 is 0 Å². The topological polar surface area (TPSA) is 29.5 Å². The highest BCUT2D eigenvalue weighted by Gasteiger charge is 2.09. The second-order valence-electron chi connectivity index (χ2n) is 3.18. The molecule has 16 heavy (non-hydrogen) atoms. The minimum absolute atomic E-state index is 0.0592. The van der Waals surface area contributed by atoms with Crippen molar-refractivity contribution in [1.29, 1.82) is 0 Å². The van der Waals surface area contributed by atoms with Gasteiger partial charge in [-0.3, -0.25) is 0 Å². The van der Waals surface area contributed by atoms with Crippen molar-refractivity contribution >= 4 is 23.2 Å². The largest absolute Gasteiger partial charge is 0.393 e. The normalized spacial score (nSPS) is 13.2. The van der Waals surface area contributed by atoms with Gasteiger partial charge >= 0.3 is 0 Å². The Kier molecular flexibility index (Phi) is 6.50. The van der Waals surface area contributed by atoms with E-state index in [1.807, 2.05) is 18.2 Å². The lowest BCUT2D eigenvalue weighted by molar-refractivity contribution is 0.0274. The summed E-state index contributed by atoms with van der Waals surface area (Å²) >= 11 is 11.3. The molecule has 0 aliphatic carbocycles. The number of ether oxygens (including phenoxy) is 1. The van der Waals surface area contributed by atoms with E-state index in [0.717, 1.165) is 5.56 Å². The summed E-state index contributed by atoms with van der Waals surface area (Å²) in [6, 6.07) is 7.23. The molecule has 1 aromatic rings. The SMILES string of the molecule is OC[C@H](OC/C=C/CCl)c1ccc(Cl)cc1. The first-order valence-corrected chi connectivity index (χ1v) is 5.88. The monoisotopic (exact) mass is 260 g/mol. The van der Waals surface area contributed by atoms with Gasteiger partial charge in [0.2, 0.25) is 0 Å². The number of halogens is 2. The summed E-state index contributed by atoms with van der Waals surface area (Å²) in [6.45, 7) is 0.372. The lowest BCUT2D eigenvalue weighted by atomic mass is 10.1. The Hall–Kier alpha value is -0.540. The molecule has 1 aromatic carbocycles. The third kappa shape index (κ3) is 4.54. The zero-order valence-corrected chi connectivity index (χ0v) is 10.3. The molecule has 0 aliphatic rings. The molecule has 0 saturated heterocycles. The summed E-state index contributed by atoms with van der Waals surface area (Å²) in [5.74, 6) is 0.466. The molecular weight excluding hydrogens is 247 g/mol. The maximum atomic E-state index is 9.20. The Labute approximate surface area is 105 Å². The van der Waals surface area contributed by atoms with Crippen molar-refractivity contribution in [3.63, 3.8) is 0 Å². The summed E-state index contributed by atoms with van der Waals surface area (Å²) in [4.78, 5) is 0. The average molecular weight is 261 g/mol. The van der Waals surface area contributed by atoms with Crippen LogP contribution in [0.4, 0.5) is 0 Å². The van der Waals surface area contributed by atoms with E-state index in [4.69, 9.17) is 27.9 Å². The van der Waals surface area contributed by atoms with E-state index < -0.39 is 0 Å². The van der Waals surface area contributed by atoms with Gasteiger partial charge < -0.3 is 9.84 Å². The van der Waals surface area contributed by atoms with Crippen LogP contribution in [0.3, 0.4) is 0 Å². The first-order valence-electron chi connectivity index (χ1n) is 4.96. The van der Waals surface area contributed by atoms with Crippen molar-refractivity contribution in [2.24, 2.45) is 0 Å². The van der Waals surface area contributed by atoms with Crippen LogP contribution in [0.1, 0.15) is 11.7 Å². The van der Waals surface area contributed by atoms with Crippen molar-refractivity contribution in [3.05, 3.63) is 47.0 Å². The molecule has 0 saturated carbocycles. The Balaban J connectivity index is 2.53. The second-order valence-corrected chi connectivity index (χ2v) is 3.93. The lowest BCUT2D eigenvalue weighted by Gasteiger charge is -2.14. The molecule has 0 radical (unpaired) electrons. The van der Waals surface area contributed by atoms with Crippen molar-refractivity contribution in [1.82, 2.24) is 0 Å².